The molecule has 1 N–H and O–H groups in total. The Morgan fingerprint density at radius 2 is 1.42 bits per heavy atom. The third kappa shape index (κ3) is 7.07. The summed E-state index contributed by atoms with van der Waals surface area (Å²) in [6.45, 7) is 4.83. The number of anilines is 1. The maximum Gasteiger partial charge on any atom is 0.264 e. The largest absolute Gasteiger partial charge is 0.352 e. The van der Waals surface area contributed by atoms with Gasteiger partial charge in [-0.05, 0) is 56.7 Å². The van der Waals surface area contributed by atoms with E-state index in [4.69, 9.17) is 23.2 Å². The Hall–Kier alpha value is -3.07. The topological polar surface area (TPSA) is 86.8 Å². The van der Waals surface area contributed by atoms with Gasteiger partial charge in [-0.2, -0.15) is 0 Å². The molecule has 0 fully saturated rings. The van der Waals surface area contributed by atoms with E-state index in [0.717, 1.165) is 4.31 Å². The normalized spacial score (nSPS) is 12.2. The lowest BCUT2D eigenvalue weighted by Gasteiger charge is -2.34. The molecule has 1 atom stereocenters. The summed E-state index contributed by atoms with van der Waals surface area (Å²) in [7, 11) is -4.11. The van der Waals surface area contributed by atoms with E-state index in [1.807, 2.05) is 13.8 Å². The van der Waals surface area contributed by atoms with Crippen LogP contribution in [0.5, 0.6) is 0 Å². The molecule has 0 saturated heterocycles. The number of nitrogens with one attached hydrogen (secondary N) is 1. The number of carbonyl (C=O) groups excluding carboxylic acids is 2. The summed E-state index contributed by atoms with van der Waals surface area (Å²) in [5, 5.41) is 3.53. The molecule has 0 aliphatic rings. The molecule has 0 unspecified atom stereocenters. The van der Waals surface area contributed by atoms with Gasteiger partial charge in [0.25, 0.3) is 10.0 Å². The second kappa shape index (κ2) is 13.1. The summed E-state index contributed by atoms with van der Waals surface area (Å²) in [6, 6.07) is 20.2. The Morgan fingerprint density at radius 1 is 0.868 bits per heavy atom. The molecule has 0 heterocycles. The number of halogens is 2. The van der Waals surface area contributed by atoms with Crippen LogP contribution in [-0.4, -0.2) is 43.8 Å². The van der Waals surface area contributed by atoms with E-state index in [1.165, 1.54) is 17.0 Å². The van der Waals surface area contributed by atoms with Crippen molar-refractivity contribution in [2.45, 2.75) is 50.7 Å². The van der Waals surface area contributed by atoms with Gasteiger partial charge in [0, 0.05) is 28.2 Å². The fourth-order valence-electron chi connectivity index (χ4n) is 4.00. The molecule has 0 saturated carbocycles. The van der Waals surface area contributed by atoms with Gasteiger partial charge in [0.2, 0.25) is 11.8 Å². The van der Waals surface area contributed by atoms with Crippen LogP contribution in [0.3, 0.4) is 0 Å². The van der Waals surface area contributed by atoms with Crippen LogP contribution in [-0.2, 0) is 26.2 Å². The van der Waals surface area contributed by atoms with Crippen LogP contribution < -0.4 is 9.62 Å². The van der Waals surface area contributed by atoms with Crippen LogP contribution in [0, 0.1) is 0 Å². The van der Waals surface area contributed by atoms with Crippen molar-refractivity contribution in [1.82, 2.24) is 10.2 Å². The summed E-state index contributed by atoms with van der Waals surface area (Å²) >= 11 is 12.8. The highest BCUT2D eigenvalue weighted by atomic mass is 35.5. The quantitative estimate of drug-likeness (QED) is 0.326. The molecular weight excluding hydrogens is 545 g/mol. The average Bonchev–Trinajstić information content (AvgIpc) is 2.89. The molecule has 7 nitrogen and oxygen atoms in total. The summed E-state index contributed by atoms with van der Waals surface area (Å²) in [5.74, 6) is -0.925. The Bertz CT molecular complexity index is 1330. The molecule has 3 aromatic rings. The van der Waals surface area contributed by atoms with E-state index in [2.05, 4.69) is 5.32 Å². The Kier molecular flexibility index (Phi) is 10.2. The molecule has 0 aromatic heterocycles. The Morgan fingerprint density at radius 3 is 1.95 bits per heavy atom. The molecule has 2 amide bonds. The lowest BCUT2D eigenvalue weighted by Crippen LogP contribution is -2.53. The van der Waals surface area contributed by atoms with E-state index < -0.39 is 28.5 Å². The molecule has 3 aromatic carbocycles. The predicted octanol–water partition coefficient (Wildman–Crippen LogP) is 5.52. The molecular formula is C28H31Cl2N3O4S. The zero-order chi connectivity index (χ0) is 27.9. The van der Waals surface area contributed by atoms with E-state index in [9.17, 15) is 18.0 Å². The molecule has 10 heteroatoms. The van der Waals surface area contributed by atoms with Crippen molar-refractivity contribution in [3.05, 3.63) is 94.5 Å². The summed E-state index contributed by atoms with van der Waals surface area (Å²) in [6.07, 6.45) is 0.295. The maximum absolute atomic E-state index is 14.0. The van der Waals surface area contributed by atoms with E-state index in [1.54, 1.807) is 73.7 Å². The molecule has 3 rings (SSSR count). The number of hydrogen-bond acceptors (Lipinski definition) is 4. The zero-order valence-electron chi connectivity index (χ0n) is 21.5. The van der Waals surface area contributed by atoms with Gasteiger partial charge in [-0.25, -0.2) is 8.42 Å². The van der Waals surface area contributed by atoms with Crippen LogP contribution in [0.1, 0.15) is 32.8 Å². The first-order chi connectivity index (χ1) is 18.1. The van der Waals surface area contributed by atoms with Crippen molar-refractivity contribution in [3.63, 3.8) is 0 Å². The first-order valence-corrected chi connectivity index (χ1v) is 14.4. The van der Waals surface area contributed by atoms with Crippen LogP contribution in [0.15, 0.2) is 83.8 Å². The SMILES string of the molecule is CC[C@@H](C(=O)NC(C)C)N(Cc1c(Cl)cccc1Cl)C(=O)CN(c1ccccc1)S(=O)(=O)c1ccccc1. The highest BCUT2D eigenvalue weighted by Crippen LogP contribution is 2.28. The molecule has 0 bridgehead atoms. The third-order valence-corrected chi connectivity index (χ3v) is 8.36. The fraction of sp³-hybridized carbons (Fsp3) is 0.286. The van der Waals surface area contributed by atoms with Gasteiger partial charge in [-0.1, -0.05) is 72.6 Å². The van der Waals surface area contributed by atoms with E-state index >= 15 is 0 Å². The van der Waals surface area contributed by atoms with Gasteiger partial charge in [-0.3, -0.25) is 13.9 Å². The number of rotatable bonds is 11. The summed E-state index contributed by atoms with van der Waals surface area (Å²) < 4.78 is 28.5. The van der Waals surface area contributed by atoms with Crippen molar-refractivity contribution in [1.29, 1.82) is 0 Å². The zero-order valence-corrected chi connectivity index (χ0v) is 23.8. The number of amides is 2. The third-order valence-electron chi connectivity index (χ3n) is 5.86. The van der Waals surface area contributed by atoms with Gasteiger partial charge < -0.3 is 10.2 Å². The van der Waals surface area contributed by atoms with Crippen molar-refractivity contribution >= 4 is 50.7 Å². The van der Waals surface area contributed by atoms with Crippen LogP contribution in [0.25, 0.3) is 0 Å². The smallest absolute Gasteiger partial charge is 0.264 e. The summed E-state index contributed by atoms with van der Waals surface area (Å²) in [5.41, 5.74) is 0.789. The Balaban J connectivity index is 2.07. The van der Waals surface area contributed by atoms with Crippen molar-refractivity contribution < 1.29 is 18.0 Å². The first-order valence-electron chi connectivity index (χ1n) is 12.2. The fourth-order valence-corrected chi connectivity index (χ4v) is 5.95. The highest BCUT2D eigenvalue weighted by Gasteiger charge is 2.34. The second-order valence-electron chi connectivity index (χ2n) is 8.97. The lowest BCUT2D eigenvalue weighted by molar-refractivity contribution is -0.140. The molecule has 38 heavy (non-hydrogen) atoms. The number of benzene rings is 3. The Labute approximate surface area is 234 Å². The summed E-state index contributed by atoms with van der Waals surface area (Å²) in [4.78, 5) is 28.5. The first kappa shape index (κ1) is 29.5. The van der Waals surface area contributed by atoms with E-state index in [-0.39, 0.29) is 23.4 Å². The monoisotopic (exact) mass is 575 g/mol. The van der Waals surface area contributed by atoms with Crippen LogP contribution in [0.2, 0.25) is 10.0 Å². The predicted molar refractivity (Wildman–Crippen MR) is 152 cm³/mol. The van der Waals surface area contributed by atoms with Crippen LogP contribution >= 0.6 is 23.2 Å². The molecule has 0 radical (unpaired) electrons. The highest BCUT2D eigenvalue weighted by molar-refractivity contribution is 7.92. The van der Waals surface area contributed by atoms with Gasteiger partial charge in [-0.15, -0.1) is 0 Å². The maximum atomic E-state index is 14.0. The van der Waals surface area contributed by atoms with Crippen LogP contribution in [0.4, 0.5) is 5.69 Å². The number of hydrogen-bond donors (Lipinski definition) is 1. The van der Waals surface area contributed by atoms with Gasteiger partial charge in [0.15, 0.2) is 0 Å². The van der Waals surface area contributed by atoms with Gasteiger partial charge in [0.1, 0.15) is 12.6 Å². The van der Waals surface area contributed by atoms with Gasteiger partial charge >= 0.3 is 0 Å². The van der Waals surface area contributed by atoms with Crippen molar-refractivity contribution in [2.75, 3.05) is 10.8 Å². The molecule has 0 aliphatic carbocycles. The van der Waals surface area contributed by atoms with Crippen molar-refractivity contribution in [2.24, 2.45) is 0 Å². The van der Waals surface area contributed by atoms with Gasteiger partial charge in [0.05, 0.1) is 10.6 Å². The number of nitrogens with zero attached hydrogens (tertiary/aromatic N) is 2. The number of para-hydroxylation sites is 1. The van der Waals surface area contributed by atoms with E-state index in [0.29, 0.717) is 27.7 Å². The number of carbonyl (C=O) groups is 2. The minimum atomic E-state index is -4.11. The minimum absolute atomic E-state index is 0.0435. The second-order valence-corrected chi connectivity index (χ2v) is 11.6. The molecule has 202 valence electrons. The molecule has 0 aliphatic heterocycles. The number of sulfonamides is 1. The minimum Gasteiger partial charge on any atom is -0.352 e. The standard InChI is InChI=1S/C28H31Cl2N3O4S/c1-4-26(28(35)31-20(2)3)32(18-23-24(29)16-11-17-25(23)30)27(34)19-33(21-12-7-5-8-13-21)38(36,37)22-14-9-6-10-15-22/h5-17,20,26H,4,18-19H2,1-3H3,(H,31,35)/t26-/m0/s1. The molecule has 0 spiro atoms. The lowest BCUT2D eigenvalue weighted by atomic mass is 10.1. The average molecular weight is 577 g/mol. The van der Waals surface area contributed by atoms with Crippen molar-refractivity contribution in [3.8, 4) is 0 Å².